The third-order valence-electron chi connectivity index (χ3n) is 2.97. The third kappa shape index (κ3) is 2.40. The summed E-state index contributed by atoms with van der Waals surface area (Å²) < 4.78 is 1.32. The van der Waals surface area contributed by atoms with Crippen molar-refractivity contribution in [2.24, 2.45) is 11.8 Å². The van der Waals surface area contributed by atoms with E-state index in [9.17, 15) is 9.59 Å². The number of carbonyl (C=O) groups excluding carboxylic acids is 1. The molecule has 1 fully saturated rings. The van der Waals surface area contributed by atoms with Crippen LogP contribution in [0.3, 0.4) is 0 Å². The number of aromatic nitrogens is 4. The van der Waals surface area contributed by atoms with Crippen LogP contribution in [0.1, 0.15) is 6.92 Å². The molecular formula is C9H13N5O3. The van der Waals surface area contributed by atoms with Crippen molar-refractivity contribution in [2.45, 2.75) is 13.5 Å². The Hall–Kier alpha value is -1.99. The second kappa shape index (κ2) is 4.48. The van der Waals surface area contributed by atoms with Crippen molar-refractivity contribution in [1.82, 2.24) is 25.1 Å². The highest BCUT2D eigenvalue weighted by molar-refractivity contribution is 5.78. The van der Waals surface area contributed by atoms with Crippen molar-refractivity contribution < 1.29 is 14.7 Å². The Kier molecular flexibility index (Phi) is 3.03. The minimum atomic E-state index is -0.852. The Bertz CT molecular complexity index is 418. The van der Waals surface area contributed by atoms with E-state index < -0.39 is 11.9 Å². The van der Waals surface area contributed by atoms with Gasteiger partial charge in [0.15, 0.2) is 0 Å². The van der Waals surface area contributed by atoms with Gasteiger partial charge in [0.2, 0.25) is 5.91 Å². The molecule has 1 aliphatic heterocycles. The lowest BCUT2D eigenvalue weighted by Gasteiger charge is -2.15. The molecule has 17 heavy (non-hydrogen) atoms. The molecule has 1 saturated heterocycles. The van der Waals surface area contributed by atoms with Crippen LogP contribution in [0.2, 0.25) is 0 Å². The summed E-state index contributed by atoms with van der Waals surface area (Å²) in [5, 5.41) is 19.4. The number of likely N-dealkylation sites (tertiary alicyclic amines) is 1. The molecule has 1 aliphatic rings. The van der Waals surface area contributed by atoms with Crippen molar-refractivity contribution in [3.8, 4) is 0 Å². The predicted octanol–water partition coefficient (Wildman–Crippen LogP) is -1.15. The van der Waals surface area contributed by atoms with Gasteiger partial charge in [-0.1, -0.05) is 6.92 Å². The van der Waals surface area contributed by atoms with Gasteiger partial charge in [-0.05, 0) is 16.3 Å². The maximum absolute atomic E-state index is 11.8. The molecule has 2 rings (SSSR count). The molecule has 0 bridgehead atoms. The fourth-order valence-corrected chi connectivity index (χ4v) is 1.98. The molecule has 0 radical (unpaired) electrons. The number of hydrogen-bond donors (Lipinski definition) is 1. The number of aliphatic carboxylic acids is 1. The lowest BCUT2D eigenvalue weighted by molar-refractivity contribution is -0.142. The lowest BCUT2D eigenvalue weighted by Crippen LogP contribution is -2.33. The summed E-state index contributed by atoms with van der Waals surface area (Å²) >= 11 is 0. The van der Waals surface area contributed by atoms with E-state index in [1.807, 2.05) is 6.92 Å². The first kappa shape index (κ1) is 11.5. The number of carboxylic acids is 1. The van der Waals surface area contributed by atoms with E-state index in [2.05, 4.69) is 15.5 Å². The van der Waals surface area contributed by atoms with Crippen LogP contribution >= 0.6 is 0 Å². The van der Waals surface area contributed by atoms with Gasteiger partial charge in [0.05, 0.1) is 5.92 Å². The van der Waals surface area contributed by atoms with Gasteiger partial charge < -0.3 is 10.0 Å². The molecule has 0 aliphatic carbocycles. The van der Waals surface area contributed by atoms with Crippen molar-refractivity contribution in [2.75, 3.05) is 13.1 Å². The molecule has 92 valence electrons. The molecule has 8 heteroatoms. The Morgan fingerprint density at radius 3 is 2.76 bits per heavy atom. The van der Waals surface area contributed by atoms with Crippen LogP contribution < -0.4 is 0 Å². The van der Waals surface area contributed by atoms with Gasteiger partial charge in [0, 0.05) is 13.1 Å². The average molecular weight is 239 g/mol. The molecule has 2 unspecified atom stereocenters. The normalized spacial score (nSPS) is 23.9. The van der Waals surface area contributed by atoms with E-state index >= 15 is 0 Å². The molecule has 1 aromatic heterocycles. The van der Waals surface area contributed by atoms with Gasteiger partial charge in [-0.3, -0.25) is 9.59 Å². The Balaban J connectivity index is 1.96. The zero-order valence-corrected chi connectivity index (χ0v) is 9.35. The molecule has 2 heterocycles. The van der Waals surface area contributed by atoms with Crippen LogP contribution in [-0.2, 0) is 16.1 Å². The van der Waals surface area contributed by atoms with E-state index in [-0.39, 0.29) is 24.9 Å². The zero-order chi connectivity index (χ0) is 12.4. The number of amides is 1. The van der Waals surface area contributed by atoms with Crippen LogP contribution in [0, 0.1) is 11.8 Å². The first-order valence-corrected chi connectivity index (χ1v) is 5.29. The van der Waals surface area contributed by atoms with E-state index in [4.69, 9.17) is 5.11 Å². The van der Waals surface area contributed by atoms with E-state index in [1.165, 1.54) is 11.0 Å². The first-order chi connectivity index (χ1) is 8.08. The third-order valence-corrected chi connectivity index (χ3v) is 2.97. The smallest absolute Gasteiger partial charge is 0.308 e. The van der Waals surface area contributed by atoms with E-state index in [0.717, 1.165) is 0 Å². The average Bonchev–Trinajstić information content (AvgIpc) is 2.86. The maximum atomic E-state index is 11.8. The van der Waals surface area contributed by atoms with Crippen LogP contribution in [0.15, 0.2) is 6.33 Å². The highest BCUT2D eigenvalue weighted by atomic mass is 16.4. The summed E-state index contributed by atoms with van der Waals surface area (Å²) in [5.41, 5.74) is 0. The number of rotatable bonds is 3. The van der Waals surface area contributed by atoms with Gasteiger partial charge in [-0.25, -0.2) is 4.68 Å². The van der Waals surface area contributed by atoms with Crippen LogP contribution in [0.25, 0.3) is 0 Å². The monoisotopic (exact) mass is 239 g/mol. The second-order valence-corrected chi connectivity index (χ2v) is 4.23. The lowest BCUT2D eigenvalue weighted by atomic mass is 9.99. The molecule has 0 saturated carbocycles. The van der Waals surface area contributed by atoms with Crippen molar-refractivity contribution in [3.05, 3.63) is 6.33 Å². The van der Waals surface area contributed by atoms with E-state index in [0.29, 0.717) is 6.54 Å². The number of carboxylic acid groups (broad SMARTS) is 1. The van der Waals surface area contributed by atoms with Gasteiger partial charge in [0.1, 0.15) is 12.9 Å². The largest absolute Gasteiger partial charge is 0.481 e. The van der Waals surface area contributed by atoms with E-state index in [1.54, 1.807) is 4.90 Å². The Morgan fingerprint density at radius 1 is 1.47 bits per heavy atom. The highest BCUT2D eigenvalue weighted by Crippen LogP contribution is 2.23. The summed E-state index contributed by atoms with van der Waals surface area (Å²) in [5.74, 6) is -1.51. The number of nitrogens with zero attached hydrogens (tertiary/aromatic N) is 5. The summed E-state index contributed by atoms with van der Waals surface area (Å²) in [4.78, 5) is 24.3. The standard InChI is InChI=1S/C9H13N5O3/c1-6-2-13(3-7(6)9(16)17)8(15)4-14-5-10-11-12-14/h5-7H,2-4H2,1H3,(H,16,17). The SMILES string of the molecule is CC1CN(C(=O)Cn2cnnn2)CC1C(=O)O. The van der Waals surface area contributed by atoms with Crippen LogP contribution in [0.5, 0.6) is 0 Å². The minimum Gasteiger partial charge on any atom is -0.481 e. The van der Waals surface area contributed by atoms with Crippen molar-refractivity contribution >= 4 is 11.9 Å². The Labute approximate surface area is 97.2 Å². The molecule has 2 atom stereocenters. The molecule has 0 spiro atoms. The summed E-state index contributed by atoms with van der Waals surface area (Å²) in [6.07, 6.45) is 1.35. The fourth-order valence-electron chi connectivity index (χ4n) is 1.98. The van der Waals surface area contributed by atoms with Gasteiger partial charge in [-0.2, -0.15) is 0 Å². The maximum Gasteiger partial charge on any atom is 0.308 e. The summed E-state index contributed by atoms with van der Waals surface area (Å²) in [6.45, 7) is 2.62. The zero-order valence-electron chi connectivity index (χ0n) is 9.35. The predicted molar refractivity (Wildman–Crippen MR) is 54.7 cm³/mol. The number of tetrazole rings is 1. The number of hydrogen-bond acceptors (Lipinski definition) is 5. The van der Waals surface area contributed by atoms with Gasteiger partial charge in [-0.15, -0.1) is 5.10 Å². The molecule has 0 aromatic carbocycles. The van der Waals surface area contributed by atoms with Crippen LogP contribution in [-0.4, -0.2) is 55.2 Å². The van der Waals surface area contributed by atoms with Crippen molar-refractivity contribution in [3.63, 3.8) is 0 Å². The topological polar surface area (TPSA) is 101 Å². The summed E-state index contributed by atoms with van der Waals surface area (Å²) in [7, 11) is 0. The quantitative estimate of drug-likeness (QED) is 0.714. The summed E-state index contributed by atoms with van der Waals surface area (Å²) in [6, 6.07) is 0. The highest BCUT2D eigenvalue weighted by Gasteiger charge is 2.36. The minimum absolute atomic E-state index is 0.0229. The van der Waals surface area contributed by atoms with Crippen molar-refractivity contribution in [1.29, 1.82) is 0 Å². The molecule has 1 amide bonds. The molecular weight excluding hydrogens is 226 g/mol. The number of carbonyl (C=O) groups is 2. The second-order valence-electron chi connectivity index (χ2n) is 4.23. The Morgan fingerprint density at radius 2 is 2.24 bits per heavy atom. The first-order valence-electron chi connectivity index (χ1n) is 5.29. The van der Waals surface area contributed by atoms with Gasteiger partial charge in [0.25, 0.3) is 0 Å². The molecule has 1 aromatic rings. The van der Waals surface area contributed by atoms with Crippen LogP contribution in [0.4, 0.5) is 0 Å². The van der Waals surface area contributed by atoms with Gasteiger partial charge >= 0.3 is 5.97 Å². The molecule has 8 nitrogen and oxygen atoms in total. The molecule has 1 N–H and O–H groups in total. The fraction of sp³-hybridized carbons (Fsp3) is 0.667.